The number of fused-ring (bicyclic) bond motifs is 10. The number of nitrogens with one attached hydrogen (secondary N) is 1. The number of aromatic nitrogens is 2. The second-order valence-electron chi connectivity index (χ2n) is 15.3. The number of nitrogens with zero attached hydrogens (tertiary/aromatic N) is 2. The Balaban J connectivity index is 1.32. The molecule has 262 valence electrons. The first kappa shape index (κ1) is 32.4. The van der Waals surface area contributed by atoms with Crippen LogP contribution in [0.5, 0.6) is 0 Å². The first-order valence-electron chi connectivity index (χ1n) is 19.5. The minimum Gasteiger partial charge on any atom is -0.354 e. The van der Waals surface area contributed by atoms with Crippen LogP contribution in [0.1, 0.15) is 57.1 Å². The molecular weight excluding hydrogens is 655 g/mol. The van der Waals surface area contributed by atoms with Crippen molar-refractivity contribution in [1.29, 1.82) is 0 Å². The minimum absolute atomic E-state index is 0.118. The summed E-state index contributed by atoms with van der Waals surface area (Å²) >= 11 is 0. The van der Waals surface area contributed by atoms with E-state index in [9.17, 15) is 0 Å². The van der Waals surface area contributed by atoms with Crippen LogP contribution in [0.3, 0.4) is 0 Å². The van der Waals surface area contributed by atoms with E-state index in [1.807, 2.05) is 6.08 Å². The predicted octanol–water partition coefficient (Wildman–Crippen LogP) is 13.5. The highest BCUT2D eigenvalue weighted by atomic mass is 15.2. The van der Waals surface area contributed by atoms with Gasteiger partial charge < -0.3 is 14.5 Å². The Morgan fingerprint density at radius 2 is 1.50 bits per heavy atom. The van der Waals surface area contributed by atoms with E-state index in [4.69, 9.17) is 6.42 Å². The summed E-state index contributed by atoms with van der Waals surface area (Å²) in [6.45, 7) is 4.65. The Kier molecular flexibility index (Phi) is 7.63. The molecule has 2 aliphatic rings. The summed E-state index contributed by atoms with van der Waals surface area (Å²) in [5.74, 6) is 3.35. The van der Waals surface area contributed by atoms with Crippen LogP contribution < -0.4 is 4.90 Å². The normalized spacial score (nSPS) is 17.5. The molecule has 0 aliphatic heterocycles. The van der Waals surface area contributed by atoms with Crippen LogP contribution in [0.15, 0.2) is 151 Å². The van der Waals surface area contributed by atoms with E-state index in [2.05, 4.69) is 174 Å². The summed E-state index contributed by atoms with van der Waals surface area (Å²) in [5, 5.41) is 4.91. The zero-order chi connectivity index (χ0) is 36.4. The molecule has 1 fully saturated rings. The van der Waals surface area contributed by atoms with Gasteiger partial charge in [0, 0.05) is 55.1 Å². The number of aromatic amines is 1. The first-order valence-corrected chi connectivity index (χ1v) is 19.5. The van der Waals surface area contributed by atoms with Gasteiger partial charge in [-0.05, 0) is 97.0 Å². The Bertz CT molecular complexity index is 2850. The molecule has 0 unspecified atom stereocenters. The summed E-state index contributed by atoms with van der Waals surface area (Å²) in [6, 6.07) is 47.0. The molecule has 2 heterocycles. The maximum absolute atomic E-state index is 5.91. The lowest BCUT2D eigenvalue weighted by molar-refractivity contribution is 0.258. The van der Waals surface area contributed by atoms with E-state index in [-0.39, 0.29) is 5.41 Å². The molecule has 0 radical (unpaired) electrons. The number of terminal acetylenes is 1. The lowest BCUT2D eigenvalue weighted by atomic mass is 9.64. The van der Waals surface area contributed by atoms with Crippen LogP contribution in [0.25, 0.3) is 60.4 Å². The second-order valence-corrected chi connectivity index (χ2v) is 15.3. The molecule has 0 bridgehead atoms. The zero-order valence-electron chi connectivity index (χ0n) is 30.9. The number of benzene rings is 6. The van der Waals surface area contributed by atoms with Crippen molar-refractivity contribution in [3.05, 3.63) is 162 Å². The third-order valence-corrected chi connectivity index (χ3v) is 12.6. The van der Waals surface area contributed by atoms with Crippen LogP contribution in [-0.4, -0.2) is 9.55 Å². The summed E-state index contributed by atoms with van der Waals surface area (Å²) < 4.78 is 2.40. The highest BCUT2D eigenvalue weighted by Crippen LogP contribution is 2.59. The van der Waals surface area contributed by atoms with Crippen LogP contribution >= 0.6 is 0 Å². The summed E-state index contributed by atoms with van der Waals surface area (Å²) in [5.41, 5.74) is 14.6. The summed E-state index contributed by atoms with van der Waals surface area (Å²) in [6.07, 6.45) is 18.4. The van der Waals surface area contributed by atoms with Crippen LogP contribution in [0.4, 0.5) is 11.4 Å². The van der Waals surface area contributed by atoms with Gasteiger partial charge in [-0.15, -0.1) is 6.42 Å². The van der Waals surface area contributed by atoms with E-state index in [0.29, 0.717) is 5.92 Å². The van der Waals surface area contributed by atoms with E-state index in [1.165, 1.54) is 86.9 Å². The molecule has 0 spiro atoms. The van der Waals surface area contributed by atoms with Crippen LogP contribution in [0, 0.1) is 18.3 Å². The minimum atomic E-state index is -0.118. The van der Waals surface area contributed by atoms with Gasteiger partial charge in [0.2, 0.25) is 0 Å². The van der Waals surface area contributed by atoms with Gasteiger partial charge in [-0.2, -0.15) is 0 Å². The largest absolute Gasteiger partial charge is 0.354 e. The fourth-order valence-electron chi connectivity index (χ4n) is 10.1. The van der Waals surface area contributed by atoms with Crippen LogP contribution in [0.2, 0.25) is 0 Å². The molecule has 54 heavy (non-hydrogen) atoms. The Morgan fingerprint density at radius 1 is 0.778 bits per heavy atom. The predicted molar refractivity (Wildman–Crippen MR) is 229 cm³/mol. The van der Waals surface area contributed by atoms with E-state index in [1.54, 1.807) is 0 Å². The molecule has 1 saturated carbocycles. The molecule has 2 aliphatic carbocycles. The smallest absolute Gasteiger partial charge is 0.0569 e. The molecule has 1 N–H and O–H groups in total. The van der Waals surface area contributed by atoms with Crippen molar-refractivity contribution in [3.63, 3.8) is 0 Å². The van der Waals surface area contributed by atoms with Crippen molar-refractivity contribution in [1.82, 2.24) is 9.55 Å². The molecule has 10 rings (SSSR count). The third kappa shape index (κ3) is 4.69. The third-order valence-electron chi connectivity index (χ3n) is 12.6. The lowest BCUT2D eigenvalue weighted by Crippen LogP contribution is -2.33. The van der Waals surface area contributed by atoms with Crippen molar-refractivity contribution < 1.29 is 0 Å². The quantitative estimate of drug-likeness (QED) is 0.136. The number of anilines is 2. The molecule has 2 aromatic heterocycles. The molecule has 6 aromatic carbocycles. The van der Waals surface area contributed by atoms with Gasteiger partial charge in [0.25, 0.3) is 0 Å². The number of H-pyrrole nitrogens is 1. The molecule has 8 aromatic rings. The molecule has 3 heteroatoms. The Hall–Kier alpha value is -6.24. The van der Waals surface area contributed by atoms with Crippen molar-refractivity contribution in [3.8, 4) is 29.2 Å². The van der Waals surface area contributed by atoms with Gasteiger partial charge >= 0.3 is 0 Å². The van der Waals surface area contributed by atoms with Gasteiger partial charge in [-0.3, -0.25) is 0 Å². The molecular formula is C51H43N3. The average Bonchev–Trinajstić information content (AvgIpc) is 3.86. The fourth-order valence-corrected chi connectivity index (χ4v) is 10.1. The van der Waals surface area contributed by atoms with Crippen LogP contribution in [-0.2, 0) is 5.41 Å². The maximum Gasteiger partial charge on any atom is 0.0569 e. The molecule has 0 saturated heterocycles. The Labute approximate surface area is 317 Å². The number of allylic oxidation sites excluding steroid dienone is 3. The van der Waals surface area contributed by atoms with Crippen molar-refractivity contribution in [2.24, 2.45) is 5.92 Å². The first-order chi connectivity index (χ1) is 26.6. The fraction of sp³-hybridized carbons (Fsp3) is 0.176. The maximum atomic E-state index is 5.91. The van der Waals surface area contributed by atoms with Gasteiger partial charge in [0.1, 0.15) is 0 Å². The number of rotatable bonds is 6. The van der Waals surface area contributed by atoms with Gasteiger partial charge in [0.15, 0.2) is 0 Å². The number of para-hydroxylation sites is 3. The van der Waals surface area contributed by atoms with E-state index < -0.39 is 0 Å². The molecule has 0 amide bonds. The monoisotopic (exact) mass is 697 g/mol. The van der Waals surface area contributed by atoms with Crippen molar-refractivity contribution in [2.75, 3.05) is 4.90 Å². The van der Waals surface area contributed by atoms with Crippen molar-refractivity contribution in [2.45, 2.75) is 51.4 Å². The molecule has 3 nitrogen and oxygen atoms in total. The lowest BCUT2D eigenvalue weighted by Gasteiger charge is -2.39. The van der Waals surface area contributed by atoms with E-state index in [0.717, 1.165) is 33.8 Å². The second kappa shape index (κ2) is 12.7. The zero-order valence-corrected chi connectivity index (χ0v) is 30.9. The summed E-state index contributed by atoms with van der Waals surface area (Å²) in [4.78, 5) is 6.44. The Morgan fingerprint density at radius 3 is 2.31 bits per heavy atom. The molecule has 1 atom stereocenters. The van der Waals surface area contributed by atoms with E-state index >= 15 is 0 Å². The van der Waals surface area contributed by atoms with Gasteiger partial charge in [0.05, 0.1) is 22.2 Å². The van der Waals surface area contributed by atoms with Gasteiger partial charge in [-0.1, -0.05) is 123 Å². The van der Waals surface area contributed by atoms with Crippen molar-refractivity contribution >= 4 is 55.0 Å². The number of hydrogen-bond acceptors (Lipinski definition) is 1. The topological polar surface area (TPSA) is 24.0 Å². The summed E-state index contributed by atoms with van der Waals surface area (Å²) in [7, 11) is 0. The average molecular weight is 698 g/mol. The highest BCUT2D eigenvalue weighted by molar-refractivity contribution is 6.20. The van der Waals surface area contributed by atoms with Gasteiger partial charge in [-0.25, -0.2) is 0 Å². The highest BCUT2D eigenvalue weighted by Gasteiger charge is 2.46. The SMILES string of the molecule is C#C/C=C\C(=C/C)N(c1ccc2c3ccccc3n(-c3ccccc3)c2c1)c1cc2c(c3[nH]c4ccccc4c13)-c1ccccc1[C@@]2(C)C1CCCCC1. The number of hydrogen-bond donors (Lipinski definition) is 1. The standard InChI is InChI=1S/C51H43N3/c1-4-6-21-35(5-2)53(37-30-31-39-38-24-15-18-29-45(38)54(46(39)32-37)36-22-11-8-12-23-36)47-33-43-48(50-49(47)41-26-14-17-28-44(41)52-50)40-25-13-16-27-42(40)51(43,3)34-19-9-7-10-20-34/h1,5-6,8,11-18,21-34,52H,7,9-10,19-20H2,2-3H3/b21-6-,35-5+/t51-/m1/s1.